The third-order valence-electron chi connectivity index (χ3n) is 6.83. The van der Waals surface area contributed by atoms with E-state index in [4.69, 9.17) is 5.21 Å². The summed E-state index contributed by atoms with van der Waals surface area (Å²) in [6.07, 6.45) is 8.51. The lowest BCUT2D eigenvalue weighted by atomic mass is 9.84. The number of aromatic nitrogens is 1. The van der Waals surface area contributed by atoms with Gasteiger partial charge >= 0.3 is 6.03 Å². The first kappa shape index (κ1) is 18.4. The first-order chi connectivity index (χ1) is 12.9. The topological polar surface area (TPSA) is 82.5 Å². The average molecular weight is 373 g/mol. The van der Waals surface area contributed by atoms with Gasteiger partial charge in [-0.05, 0) is 55.7 Å². The maximum atomic E-state index is 13.4. The molecule has 27 heavy (non-hydrogen) atoms. The van der Waals surface area contributed by atoms with E-state index in [-0.39, 0.29) is 27.8 Å². The number of quaternary nitrogens is 1. The molecule has 0 radical (unpaired) electrons. The molecule has 7 heteroatoms. The van der Waals surface area contributed by atoms with E-state index in [2.05, 4.69) is 17.1 Å². The number of hydrogen-bond donors (Lipinski definition) is 2. The standard InChI is InChI=1S/C20H28N4O3/c1-24(13-17(18(25)22-27)12-20(14-24)6-7-20)19(26)23-10-4-16(5-11-23)15-2-8-21-9-3-15/h2-3,8-9,16-17H,4-7,10-14H2,1H3,(H-,22,25,27)/p+1/t17-,24?/m0/s1. The zero-order chi connectivity index (χ0) is 19.1. The summed E-state index contributed by atoms with van der Waals surface area (Å²) >= 11 is 0. The van der Waals surface area contributed by atoms with Crippen LogP contribution in [-0.2, 0) is 4.79 Å². The first-order valence-corrected chi connectivity index (χ1v) is 9.93. The molecule has 146 valence electrons. The molecule has 1 aliphatic carbocycles. The fraction of sp³-hybridized carbons (Fsp3) is 0.650. The van der Waals surface area contributed by atoms with Crippen molar-refractivity contribution in [1.29, 1.82) is 0 Å². The van der Waals surface area contributed by atoms with E-state index >= 15 is 0 Å². The second-order valence-electron chi connectivity index (χ2n) is 8.94. The number of urea groups is 1. The second-order valence-corrected chi connectivity index (χ2v) is 8.94. The van der Waals surface area contributed by atoms with Crippen LogP contribution in [-0.4, -0.2) is 64.7 Å². The van der Waals surface area contributed by atoms with Crippen molar-refractivity contribution in [3.63, 3.8) is 0 Å². The maximum Gasteiger partial charge on any atom is 0.418 e. The molecule has 2 atom stereocenters. The van der Waals surface area contributed by atoms with Gasteiger partial charge in [0, 0.05) is 30.9 Å². The summed E-state index contributed by atoms with van der Waals surface area (Å²) in [4.78, 5) is 31.5. The molecule has 7 nitrogen and oxygen atoms in total. The van der Waals surface area contributed by atoms with Crippen molar-refractivity contribution in [1.82, 2.24) is 15.4 Å². The Labute approximate surface area is 159 Å². The van der Waals surface area contributed by atoms with E-state index < -0.39 is 0 Å². The van der Waals surface area contributed by atoms with Gasteiger partial charge in [-0.15, -0.1) is 0 Å². The van der Waals surface area contributed by atoms with Gasteiger partial charge in [0.1, 0.15) is 0 Å². The number of rotatable bonds is 2. The summed E-state index contributed by atoms with van der Waals surface area (Å²) in [7, 11) is 1.97. The van der Waals surface area contributed by atoms with Crippen molar-refractivity contribution in [2.24, 2.45) is 11.3 Å². The molecule has 1 saturated carbocycles. The molecular formula is C20H29N4O3+. The van der Waals surface area contributed by atoms with Gasteiger partial charge in [0.05, 0.1) is 26.1 Å². The third kappa shape index (κ3) is 3.58. The molecular weight excluding hydrogens is 344 g/mol. The van der Waals surface area contributed by atoms with Gasteiger partial charge in [-0.3, -0.25) is 19.9 Å². The van der Waals surface area contributed by atoms with E-state index in [0.29, 0.717) is 12.5 Å². The number of carbonyl (C=O) groups is 2. The van der Waals surface area contributed by atoms with Gasteiger partial charge in [-0.25, -0.2) is 14.8 Å². The lowest BCUT2D eigenvalue weighted by molar-refractivity contribution is -0.848. The van der Waals surface area contributed by atoms with E-state index in [1.165, 1.54) is 5.56 Å². The van der Waals surface area contributed by atoms with Gasteiger partial charge < -0.3 is 0 Å². The van der Waals surface area contributed by atoms with Gasteiger partial charge in [-0.2, -0.15) is 0 Å². The van der Waals surface area contributed by atoms with Crippen LogP contribution in [0.4, 0.5) is 4.79 Å². The number of hydrogen-bond acceptors (Lipinski definition) is 4. The Morgan fingerprint density at radius 2 is 1.93 bits per heavy atom. The Hall–Kier alpha value is -1.99. The number of hydroxylamine groups is 1. The van der Waals surface area contributed by atoms with Crippen LogP contribution in [0, 0.1) is 11.3 Å². The van der Waals surface area contributed by atoms with Crippen LogP contribution >= 0.6 is 0 Å². The highest BCUT2D eigenvalue weighted by molar-refractivity contribution is 5.78. The van der Waals surface area contributed by atoms with E-state index in [0.717, 1.165) is 51.7 Å². The molecule has 2 aliphatic heterocycles. The monoisotopic (exact) mass is 373 g/mol. The molecule has 1 aromatic rings. The van der Waals surface area contributed by atoms with Crippen molar-refractivity contribution in [2.75, 3.05) is 33.2 Å². The fourth-order valence-electron chi connectivity index (χ4n) is 5.28. The lowest BCUT2D eigenvalue weighted by Gasteiger charge is -2.45. The first-order valence-electron chi connectivity index (χ1n) is 9.93. The Morgan fingerprint density at radius 1 is 1.26 bits per heavy atom. The smallest absolute Gasteiger partial charge is 0.292 e. The quantitative estimate of drug-likeness (QED) is 0.473. The number of piperidine rings is 2. The largest absolute Gasteiger partial charge is 0.418 e. The zero-order valence-corrected chi connectivity index (χ0v) is 15.9. The molecule has 3 amide bonds. The molecule has 4 rings (SSSR count). The Morgan fingerprint density at radius 3 is 2.52 bits per heavy atom. The van der Waals surface area contributed by atoms with Crippen LogP contribution in [0.1, 0.15) is 43.6 Å². The number of nitrogens with zero attached hydrogens (tertiary/aromatic N) is 3. The minimum atomic E-state index is -0.352. The molecule has 2 saturated heterocycles. The SMILES string of the molecule is C[N+]1(C(=O)N2CCC(c3ccncc3)CC2)C[C@@H](C(=O)NO)CC2(CC2)C1. The summed E-state index contributed by atoms with van der Waals surface area (Å²) in [5.41, 5.74) is 3.21. The Kier molecular flexibility index (Phi) is 4.68. The molecule has 3 heterocycles. The maximum absolute atomic E-state index is 13.4. The molecule has 0 aromatic carbocycles. The molecule has 3 aliphatic rings. The number of carbonyl (C=O) groups excluding carboxylic acids is 2. The third-order valence-corrected chi connectivity index (χ3v) is 6.83. The van der Waals surface area contributed by atoms with Gasteiger partial charge in [-0.1, -0.05) is 0 Å². The summed E-state index contributed by atoms with van der Waals surface area (Å²) in [5.74, 6) is -0.171. The Bertz CT molecular complexity index is 713. The summed E-state index contributed by atoms with van der Waals surface area (Å²) in [6, 6.07) is 4.26. The predicted octanol–water partition coefficient (Wildman–Crippen LogP) is 2.13. The minimum absolute atomic E-state index is 0.106. The van der Waals surface area contributed by atoms with Crippen molar-refractivity contribution >= 4 is 11.9 Å². The second kappa shape index (κ2) is 6.87. The normalized spacial score (nSPS) is 30.1. The molecule has 1 unspecified atom stereocenters. The van der Waals surface area contributed by atoms with E-state index in [1.807, 2.05) is 24.3 Å². The van der Waals surface area contributed by atoms with E-state index in [9.17, 15) is 9.59 Å². The minimum Gasteiger partial charge on any atom is -0.292 e. The summed E-state index contributed by atoms with van der Waals surface area (Å²) in [6.45, 7) is 2.79. The van der Waals surface area contributed by atoms with Crippen LogP contribution in [0.15, 0.2) is 24.5 Å². The van der Waals surface area contributed by atoms with Crippen molar-refractivity contribution < 1.29 is 19.3 Å². The Balaban J connectivity index is 1.43. The van der Waals surface area contributed by atoms with Gasteiger partial charge in [0.15, 0.2) is 0 Å². The van der Waals surface area contributed by atoms with Crippen LogP contribution in [0.2, 0.25) is 0 Å². The van der Waals surface area contributed by atoms with Crippen molar-refractivity contribution in [3.05, 3.63) is 30.1 Å². The molecule has 1 aromatic heterocycles. The lowest BCUT2D eigenvalue weighted by Crippen LogP contribution is -2.64. The van der Waals surface area contributed by atoms with Gasteiger partial charge in [0.2, 0.25) is 0 Å². The fourth-order valence-corrected chi connectivity index (χ4v) is 5.28. The zero-order valence-electron chi connectivity index (χ0n) is 15.9. The highest BCUT2D eigenvalue weighted by Crippen LogP contribution is 2.55. The number of likely N-dealkylation sites (tertiary alicyclic amines) is 2. The highest BCUT2D eigenvalue weighted by atomic mass is 16.5. The van der Waals surface area contributed by atoms with Crippen molar-refractivity contribution in [3.8, 4) is 0 Å². The number of nitrogens with one attached hydrogen (secondary N) is 1. The summed E-state index contributed by atoms with van der Waals surface area (Å²) < 4.78 is 0.276. The van der Waals surface area contributed by atoms with Crippen LogP contribution in [0.25, 0.3) is 0 Å². The number of pyridine rings is 1. The number of amides is 3. The van der Waals surface area contributed by atoms with Crippen LogP contribution in [0.5, 0.6) is 0 Å². The molecule has 3 fully saturated rings. The average Bonchev–Trinajstić information content (AvgIpc) is 3.44. The van der Waals surface area contributed by atoms with Gasteiger partial charge in [0.25, 0.3) is 5.91 Å². The molecule has 1 spiro atoms. The summed E-state index contributed by atoms with van der Waals surface area (Å²) in [5, 5.41) is 9.07. The van der Waals surface area contributed by atoms with Crippen molar-refractivity contribution in [2.45, 2.75) is 38.0 Å². The highest BCUT2D eigenvalue weighted by Gasteiger charge is 2.58. The van der Waals surface area contributed by atoms with E-state index in [1.54, 1.807) is 5.48 Å². The van der Waals surface area contributed by atoms with Crippen LogP contribution < -0.4 is 5.48 Å². The molecule has 0 bridgehead atoms. The molecule has 2 N–H and O–H groups in total. The van der Waals surface area contributed by atoms with Crippen LogP contribution in [0.3, 0.4) is 0 Å². The predicted molar refractivity (Wildman–Crippen MR) is 98.8 cm³/mol.